The summed E-state index contributed by atoms with van der Waals surface area (Å²) < 4.78 is 0. The molecule has 0 amide bonds. The summed E-state index contributed by atoms with van der Waals surface area (Å²) in [6.45, 7) is 6.50. The van der Waals surface area contributed by atoms with Crippen LogP contribution in [-0.2, 0) is 29.1 Å². The Balaban J connectivity index is 0.000000195. The predicted molar refractivity (Wildman–Crippen MR) is 273 cm³/mol. The summed E-state index contributed by atoms with van der Waals surface area (Å²) in [5, 5.41) is 12.9. The van der Waals surface area contributed by atoms with Crippen molar-refractivity contribution in [3.05, 3.63) is 273 Å². The van der Waals surface area contributed by atoms with Crippen molar-refractivity contribution in [3.63, 3.8) is 0 Å². The van der Waals surface area contributed by atoms with E-state index in [1.807, 2.05) is 0 Å². The average molecular weight is 949 g/mol. The van der Waals surface area contributed by atoms with Gasteiger partial charge in [-0.2, -0.15) is 0 Å². The number of hydrogen-bond donors (Lipinski definition) is 0. The van der Waals surface area contributed by atoms with Gasteiger partial charge in [-0.3, -0.25) is 13.6 Å². The molecule has 306 valence electrons. The monoisotopic (exact) mass is 949 g/mol. The van der Waals surface area contributed by atoms with Crippen molar-refractivity contribution in [3.8, 4) is 0 Å². The largest absolute Gasteiger partial charge is 2.00 e. The third kappa shape index (κ3) is 14.7. The van der Waals surface area contributed by atoms with Crippen LogP contribution >= 0.6 is 23.8 Å². The van der Waals surface area contributed by atoms with Gasteiger partial charge in [0, 0.05) is 0 Å². The van der Waals surface area contributed by atoms with Crippen LogP contribution in [0.3, 0.4) is 0 Å². The zero-order valence-corrected chi connectivity index (χ0v) is 39.0. The summed E-state index contributed by atoms with van der Waals surface area (Å²) in [7, 11) is -2.63. The second-order valence-corrected chi connectivity index (χ2v) is 20.9. The smallest absolute Gasteiger partial charge is 0.545 e. The Bertz CT molecular complexity index is 1910. The first kappa shape index (κ1) is 48.9. The SMILES string of the molecule is [CH-]=O.[CH-]=O.[Ru+2].c1ccc([PH+](c2ccccc2)c2ccccc2)cc1.c1ccc([PH+](c2ccccc2)c2ccccc2)cc1.c1ccc([PH+](c2ccccc2)c2ccccc2)cc1. The molecule has 6 heteroatoms. The number of rotatable bonds is 9. The van der Waals surface area contributed by atoms with Crippen LogP contribution in [0.1, 0.15) is 0 Å². The van der Waals surface area contributed by atoms with Gasteiger partial charge in [0.05, 0.1) is 23.8 Å². The summed E-state index contributed by atoms with van der Waals surface area (Å²) in [6.07, 6.45) is 0. The summed E-state index contributed by atoms with van der Waals surface area (Å²) in [6, 6.07) is 97.5. The summed E-state index contributed by atoms with van der Waals surface area (Å²) in [5.74, 6) is 0. The minimum absolute atomic E-state index is 0. The minimum atomic E-state index is -0.877. The first-order valence-electron chi connectivity index (χ1n) is 19.9. The number of benzene rings is 9. The minimum Gasteiger partial charge on any atom is -0.545 e. The molecule has 0 aliphatic rings. The summed E-state index contributed by atoms with van der Waals surface area (Å²) in [5.41, 5.74) is 0. The van der Waals surface area contributed by atoms with Crippen molar-refractivity contribution in [1.29, 1.82) is 0 Å². The van der Waals surface area contributed by atoms with Crippen molar-refractivity contribution in [2.24, 2.45) is 0 Å². The molecule has 0 bridgehead atoms. The van der Waals surface area contributed by atoms with Crippen molar-refractivity contribution in [2.75, 3.05) is 0 Å². The molecular formula is C56H50O2P3Ru+3. The Morgan fingerprint density at radius 3 is 0.339 bits per heavy atom. The van der Waals surface area contributed by atoms with Gasteiger partial charge < -0.3 is 9.59 Å². The molecule has 0 radical (unpaired) electrons. The Labute approximate surface area is 384 Å². The fraction of sp³-hybridized carbons (Fsp3) is 0. The van der Waals surface area contributed by atoms with E-state index in [0.29, 0.717) is 0 Å². The molecule has 0 spiro atoms. The Morgan fingerprint density at radius 1 is 0.177 bits per heavy atom. The molecule has 9 aromatic carbocycles. The van der Waals surface area contributed by atoms with Gasteiger partial charge >= 0.3 is 19.5 Å². The van der Waals surface area contributed by atoms with Crippen LogP contribution in [0.2, 0.25) is 0 Å². The molecule has 0 heterocycles. The van der Waals surface area contributed by atoms with Crippen LogP contribution in [0.4, 0.5) is 0 Å². The first-order chi connectivity index (χ1) is 30.3. The van der Waals surface area contributed by atoms with Crippen LogP contribution in [0, 0.1) is 0 Å². The van der Waals surface area contributed by atoms with Crippen molar-refractivity contribution in [2.45, 2.75) is 0 Å². The second-order valence-electron chi connectivity index (χ2n) is 13.4. The molecule has 0 N–H and O–H groups in total. The van der Waals surface area contributed by atoms with Gasteiger partial charge in [0.2, 0.25) is 0 Å². The first-order valence-corrected chi connectivity index (χ1v) is 24.4. The van der Waals surface area contributed by atoms with Crippen LogP contribution in [-0.4, -0.2) is 13.6 Å². The third-order valence-electron chi connectivity index (χ3n) is 9.56. The summed E-state index contributed by atoms with van der Waals surface area (Å²) in [4.78, 5) is 15.5. The van der Waals surface area contributed by atoms with Gasteiger partial charge in [-0.05, 0) is 109 Å². The zero-order chi connectivity index (χ0) is 42.7. The molecular weight excluding hydrogens is 899 g/mol. The molecule has 0 aliphatic carbocycles. The molecule has 2 nitrogen and oxygen atoms in total. The van der Waals surface area contributed by atoms with E-state index in [0.717, 1.165) is 0 Å². The van der Waals surface area contributed by atoms with Crippen LogP contribution < -0.4 is 47.7 Å². The molecule has 0 atom stereocenters. The second kappa shape index (κ2) is 28.7. The van der Waals surface area contributed by atoms with Gasteiger partial charge in [-0.1, -0.05) is 164 Å². The quantitative estimate of drug-likeness (QED) is 0.0628. The van der Waals surface area contributed by atoms with Gasteiger partial charge in [0.1, 0.15) is 47.7 Å². The molecule has 0 aromatic heterocycles. The van der Waals surface area contributed by atoms with Gasteiger partial charge in [0.15, 0.2) is 0 Å². The third-order valence-corrected chi connectivity index (χ3v) is 17.8. The molecule has 0 saturated heterocycles. The molecule has 62 heavy (non-hydrogen) atoms. The van der Waals surface area contributed by atoms with E-state index < -0.39 is 23.8 Å². The Hall–Kier alpha value is -5.77. The van der Waals surface area contributed by atoms with Crippen LogP contribution in [0.25, 0.3) is 0 Å². The van der Waals surface area contributed by atoms with E-state index in [1.165, 1.54) is 47.7 Å². The number of carbonyl (C=O) groups excluding carboxylic acids is 2. The fourth-order valence-electron chi connectivity index (χ4n) is 6.94. The van der Waals surface area contributed by atoms with E-state index in [2.05, 4.69) is 287 Å². The maximum Gasteiger partial charge on any atom is 2.00 e. The van der Waals surface area contributed by atoms with Gasteiger partial charge in [-0.15, -0.1) is 0 Å². The molecule has 9 aromatic rings. The van der Waals surface area contributed by atoms with Crippen molar-refractivity contribution >= 4 is 85.1 Å². The van der Waals surface area contributed by atoms with Gasteiger partial charge in [0.25, 0.3) is 0 Å². The standard InChI is InChI=1S/3C18H15P.2CHO.Ru/c3*1-4-10-16(11-5-1)19(17-12-6-2-7-13-17)18-14-8-3-9-15-18;2*1-2;/h3*1-15H;2*1H;/q;;;2*-1;+2/p+3. The van der Waals surface area contributed by atoms with Crippen molar-refractivity contribution in [1.82, 2.24) is 0 Å². The summed E-state index contributed by atoms with van der Waals surface area (Å²) >= 11 is 0. The normalized spacial score (nSPS) is 9.85. The molecule has 0 unspecified atom stereocenters. The Kier molecular flexibility index (Phi) is 22.6. The molecule has 0 saturated carbocycles. The van der Waals surface area contributed by atoms with Crippen LogP contribution in [0.15, 0.2) is 273 Å². The molecule has 0 aliphatic heterocycles. The van der Waals surface area contributed by atoms with E-state index in [9.17, 15) is 0 Å². The van der Waals surface area contributed by atoms with Crippen molar-refractivity contribution < 1.29 is 29.1 Å². The predicted octanol–water partition coefficient (Wildman–Crippen LogP) is 8.98. The number of hydrogen-bond acceptors (Lipinski definition) is 2. The fourth-order valence-corrected chi connectivity index (χ4v) is 14.7. The molecule has 0 fully saturated rings. The van der Waals surface area contributed by atoms with E-state index in [1.54, 1.807) is 0 Å². The topological polar surface area (TPSA) is 34.1 Å². The maximum atomic E-state index is 7.75. The zero-order valence-electron chi connectivity index (χ0n) is 34.3. The van der Waals surface area contributed by atoms with Crippen LogP contribution in [0.5, 0.6) is 0 Å². The maximum absolute atomic E-state index is 7.75. The van der Waals surface area contributed by atoms with E-state index in [-0.39, 0.29) is 19.5 Å². The van der Waals surface area contributed by atoms with E-state index in [4.69, 9.17) is 9.59 Å². The van der Waals surface area contributed by atoms with E-state index >= 15 is 0 Å². The average Bonchev–Trinajstić information content (AvgIpc) is 3.37. The molecule has 9 rings (SSSR count). The van der Waals surface area contributed by atoms with Gasteiger partial charge in [-0.25, -0.2) is 0 Å². The Morgan fingerprint density at radius 2 is 0.258 bits per heavy atom.